The molecule has 0 amide bonds. The molecule has 0 fully saturated rings. The van der Waals surface area contributed by atoms with E-state index in [0.717, 1.165) is 11.1 Å². The van der Waals surface area contributed by atoms with Crippen molar-refractivity contribution in [3.8, 4) is 5.75 Å². The van der Waals surface area contributed by atoms with Gasteiger partial charge in [0, 0.05) is 10.6 Å². The van der Waals surface area contributed by atoms with E-state index < -0.39 is 17.7 Å². The second-order valence-electron chi connectivity index (χ2n) is 7.43. The van der Waals surface area contributed by atoms with Gasteiger partial charge in [-0.1, -0.05) is 59.3 Å². The summed E-state index contributed by atoms with van der Waals surface area (Å²) in [5.74, 6) is 0.0168. The molecule has 3 atom stereocenters. The summed E-state index contributed by atoms with van der Waals surface area (Å²) < 4.78 is 8.34. The topological polar surface area (TPSA) is 60.7 Å². The maximum absolute atomic E-state index is 13.4. The number of nitrogens with zero attached hydrogens (tertiary/aromatic N) is 2. The molecule has 2 aromatic carbocycles. The van der Waals surface area contributed by atoms with E-state index in [-0.39, 0.29) is 11.3 Å². The van der Waals surface area contributed by atoms with Crippen molar-refractivity contribution in [1.29, 1.82) is 0 Å². The van der Waals surface area contributed by atoms with E-state index in [1.807, 2.05) is 49.4 Å². The molecule has 0 N–H and O–H groups in total. The smallest absolute Gasteiger partial charge is 0.270 e. The number of hydrogen-bond acceptors (Lipinski definition) is 5. The van der Waals surface area contributed by atoms with Gasteiger partial charge in [-0.2, -0.15) is 0 Å². The van der Waals surface area contributed by atoms with Gasteiger partial charge in [-0.3, -0.25) is 14.2 Å². The number of carbonyl (C=O) groups excluding carboxylic acids is 1. The van der Waals surface area contributed by atoms with Gasteiger partial charge in [0.25, 0.3) is 5.56 Å². The monoisotopic (exact) mass is 424 g/mol. The van der Waals surface area contributed by atoms with Crippen molar-refractivity contribution in [3.63, 3.8) is 0 Å². The molecule has 0 spiro atoms. The molecule has 0 saturated heterocycles. The Balaban J connectivity index is 1.83. The molecule has 5 nitrogen and oxygen atoms in total. The fraction of sp³-hybridized carbons (Fsp3) is 0.227. The van der Waals surface area contributed by atoms with Crippen LogP contribution in [0.2, 0.25) is 5.02 Å². The molecule has 29 heavy (non-hydrogen) atoms. The van der Waals surface area contributed by atoms with Gasteiger partial charge in [-0.05, 0) is 37.6 Å². The predicted molar refractivity (Wildman–Crippen MR) is 112 cm³/mol. The SMILES string of the molecule is CC(=O)C1C2c3ccccc3OC1(C)N=c1s/c(=C/c3ccccc3Cl)c(=O)n12. The molecule has 3 heterocycles. The van der Waals surface area contributed by atoms with Crippen LogP contribution in [0.5, 0.6) is 5.75 Å². The van der Waals surface area contributed by atoms with Gasteiger partial charge in [-0.15, -0.1) is 0 Å². The maximum Gasteiger partial charge on any atom is 0.270 e. The summed E-state index contributed by atoms with van der Waals surface area (Å²) in [7, 11) is 0. The number of benzene rings is 2. The van der Waals surface area contributed by atoms with Gasteiger partial charge in [-0.25, -0.2) is 4.99 Å². The third-order valence-electron chi connectivity index (χ3n) is 5.51. The fourth-order valence-electron chi connectivity index (χ4n) is 4.29. The molecule has 2 aliphatic rings. The van der Waals surface area contributed by atoms with Crippen LogP contribution in [0.1, 0.15) is 31.0 Å². The Morgan fingerprint density at radius 3 is 2.72 bits per heavy atom. The van der Waals surface area contributed by atoms with E-state index >= 15 is 0 Å². The first-order chi connectivity index (χ1) is 13.9. The number of aromatic nitrogens is 1. The third-order valence-corrected chi connectivity index (χ3v) is 6.84. The van der Waals surface area contributed by atoms with Crippen LogP contribution in [0, 0.1) is 5.92 Å². The second kappa shape index (κ2) is 6.40. The third kappa shape index (κ3) is 2.70. The normalized spacial score (nSPS) is 24.9. The first-order valence-corrected chi connectivity index (χ1v) is 10.4. The van der Waals surface area contributed by atoms with Gasteiger partial charge in [0.1, 0.15) is 17.5 Å². The lowest BCUT2D eigenvalue weighted by atomic mass is 9.79. The van der Waals surface area contributed by atoms with Crippen LogP contribution in [-0.4, -0.2) is 16.1 Å². The molecule has 2 bridgehead atoms. The summed E-state index contributed by atoms with van der Waals surface area (Å²) in [6.45, 7) is 3.34. The van der Waals surface area contributed by atoms with Gasteiger partial charge in [0.2, 0.25) is 5.72 Å². The first-order valence-electron chi connectivity index (χ1n) is 9.25. The number of para-hydroxylation sites is 1. The lowest BCUT2D eigenvalue weighted by Crippen LogP contribution is -2.58. The molecule has 146 valence electrons. The van der Waals surface area contributed by atoms with Gasteiger partial charge in [0.05, 0.1) is 10.6 Å². The minimum Gasteiger partial charge on any atom is -0.465 e. The van der Waals surface area contributed by atoms with Crippen LogP contribution >= 0.6 is 22.9 Å². The summed E-state index contributed by atoms with van der Waals surface area (Å²) in [4.78, 5) is 31.3. The lowest BCUT2D eigenvalue weighted by Gasteiger charge is -2.45. The van der Waals surface area contributed by atoms with Gasteiger partial charge < -0.3 is 4.74 Å². The number of hydrogen-bond donors (Lipinski definition) is 0. The van der Waals surface area contributed by atoms with E-state index in [1.165, 1.54) is 18.3 Å². The average Bonchev–Trinajstić information content (AvgIpc) is 2.96. The molecule has 0 aliphatic carbocycles. The number of Topliss-reactive ketones (excluding diaryl/α,β-unsaturated/α-hetero) is 1. The summed E-state index contributed by atoms with van der Waals surface area (Å²) >= 11 is 7.56. The summed E-state index contributed by atoms with van der Waals surface area (Å²) in [5, 5.41) is 0.571. The molecule has 7 heteroatoms. The zero-order valence-corrected chi connectivity index (χ0v) is 17.3. The number of halogens is 1. The zero-order chi connectivity index (χ0) is 20.3. The molecule has 1 aromatic heterocycles. The molecular formula is C22H17ClN2O3S. The molecular weight excluding hydrogens is 408 g/mol. The van der Waals surface area contributed by atoms with Crippen LogP contribution in [0.4, 0.5) is 0 Å². The number of thiazole rings is 1. The number of ether oxygens (including phenoxy) is 1. The Labute approximate surface area is 175 Å². The highest BCUT2D eigenvalue weighted by molar-refractivity contribution is 7.07. The van der Waals surface area contributed by atoms with Crippen molar-refractivity contribution >= 4 is 34.8 Å². The van der Waals surface area contributed by atoms with Gasteiger partial charge >= 0.3 is 0 Å². The van der Waals surface area contributed by atoms with Crippen molar-refractivity contribution in [1.82, 2.24) is 4.57 Å². The Morgan fingerprint density at radius 1 is 1.24 bits per heavy atom. The summed E-state index contributed by atoms with van der Waals surface area (Å²) in [6, 6.07) is 14.4. The van der Waals surface area contributed by atoms with E-state index in [0.29, 0.717) is 20.1 Å². The van der Waals surface area contributed by atoms with Crippen molar-refractivity contribution in [2.45, 2.75) is 25.6 Å². The molecule has 0 radical (unpaired) electrons. The van der Waals surface area contributed by atoms with E-state index in [2.05, 4.69) is 0 Å². The van der Waals surface area contributed by atoms with Crippen LogP contribution in [-0.2, 0) is 4.79 Å². The quantitative estimate of drug-likeness (QED) is 0.635. The number of rotatable bonds is 2. The predicted octanol–water partition coefficient (Wildman–Crippen LogP) is 2.93. The maximum atomic E-state index is 13.4. The van der Waals surface area contributed by atoms with E-state index in [1.54, 1.807) is 16.7 Å². The van der Waals surface area contributed by atoms with Crippen LogP contribution in [0.25, 0.3) is 6.08 Å². The summed E-state index contributed by atoms with van der Waals surface area (Å²) in [5.41, 5.74) is 0.359. The van der Waals surface area contributed by atoms with Crippen molar-refractivity contribution in [2.24, 2.45) is 10.9 Å². The molecule has 0 saturated carbocycles. The Hall–Kier alpha value is -2.70. The van der Waals surface area contributed by atoms with Crippen LogP contribution in [0.15, 0.2) is 58.3 Å². The van der Waals surface area contributed by atoms with Crippen LogP contribution in [0.3, 0.4) is 0 Å². The highest BCUT2D eigenvalue weighted by Gasteiger charge is 2.53. The van der Waals surface area contributed by atoms with Crippen molar-refractivity contribution in [3.05, 3.63) is 84.4 Å². The minimum absolute atomic E-state index is 0.0591. The standard InChI is InChI=1S/C22H17ClN2O3S/c1-12(26)18-19-14-8-4-6-10-16(14)28-22(18,2)24-21-25(19)20(27)17(29-21)11-13-7-3-5-9-15(13)23/h3-11,18-19H,1-2H3/b17-11+. The molecule has 5 rings (SSSR count). The Bertz CT molecular complexity index is 1340. The summed E-state index contributed by atoms with van der Waals surface area (Å²) in [6.07, 6.45) is 1.78. The number of carbonyl (C=O) groups is 1. The Kier molecular flexibility index (Phi) is 4.05. The fourth-order valence-corrected chi connectivity index (χ4v) is 5.57. The van der Waals surface area contributed by atoms with Crippen molar-refractivity contribution in [2.75, 3.05) is 0 Å². The lowest BCUT2D eigenvalue weighted by molar-refractivity contribution is -0.132. The number of ketones is 1. The highest BCUT2D eigenvalue weighted by Crippen LogP contribution is 2.47. The van der Waals surface area contributed by atoms with Gasteiger partial charge in [0.15, 0.2) is 4.80 Å². The Morgan fingerprint density at radius 2 is 1.97 bits per heavy atom. The largest absolute Gasteiger partial charge is 0.465 e. The van der Waals surface area contributed by atoms with Crippen molar-refractivity contribution < 1.29 is 9.53 Å². The zero-order valence-electron chi connectivity index (χ0n) is 15.8. The first kappa shape index (κ1) is 18.3. The number of fused-ring (bicyclic) bond motifs is 6. The van der Waals surface area contributed by atoms with E-state index in [9.17, 15) is 9.59 Å². The minimum atomic E-state index is -1.05. The second-order valence-corrected chi connectivity index (χ2v) is 8.85. The van der Waals surface area contributed by atoms with E-state index in [4.69, 9.17) is 21.3 Å². The molecule has 3 aromatic rings. The average molecular weight is 425 g/mol. The molecule has 2 aliphatic heterocycles. The highest BCUT2D eigenvalue weighted by atomic mass is 35.5. The van der Waals surface area contributed by atoms with Crippen LogP contribution < -0.4 is 19.6 Å². The molecule has 3 unspecified atom stereocenters.